The molecule has 1 heterocycles. The van der Waals surface area contributed by atoms with Gasteiger partial charge in [-0.25, -0.2) is 0 Å². The molecule has 0 bridgehead atoms. The number of anilines is 1. The monoisotopic (exact) mass is 410 g/mol. The SMILES string of the molecule is CCOC1(OCC)OC(C)=C(C(=O)Nc2ccc(Cl)cc2)[C@H](NC(C)=O)[C@H]1C. The van der Waals surface area contributed by atoms with Crippen LogP contribution >= 0.6 is 11.6 Å². The Morgan fingerprint density at radius 1 is 1.18 bits per heavy atom. The van der Waals surface area contributed by atoms with E-state index in [0.29, 0.717) is 35.3 Å². The zero-order chi connectivity index (χ0) is 20.9. The summed E-state index contributed by atoms with van der Waals surface area (Å²) in [7, 11) is 0. The van der Waals surface area contributed by atoms with Crippen LogP contribution in [0.3, 0.4) is 0 Å². The van der Waals surface area contributed by atoms with Crippen molar-refractivity contribution in [3.63, 3.8) is 0 Å². The van der Waals surface area contributed by atoms with Crippen molar-refractivity contribution >= 4 is 29.1 Å². The van der Waals surface area contributed by atoms with Crippen LogP contribution in [0.4, 0.5) is 5.69 Å². The van der Waals surface area contributed by atoms with E-state index in [1.807, 2.05) is 20.8 Å². The second kappa shape index (κ2) is 9.41. The molecule has 28 heavy (non-hydrogen) atoms. The predicted octanol–water partition coefficient (Wildman–Crippen LogP) is 3.45. The highest BCUT2D eigenvalue weighted by atomic mass is 35.5. The van der Waals surface area contributed by atoms with Crippen molar-refractivity contribution in [2.45, 2.75) is 46.6 Å². The van der Waals surface area contributed by atoms with Crippen molar-refractivity contribution in [2.24, 2.45) is 5.92 Å². The van der Waals surface area contributed by atoms with Gasteiger partial charge < -0.3 is 24.8 Å². The number of benzene rings is 1. The lowest BCUT2D eigenvalue weighted by atomic mass is 9.88. The maximum atomic E-state index is 13.0. The van der Waals surface area contributed by atoms with Crippen LogP contribution in [0.1, 0.15) is 34.6 Å². The van der Waals surface area contributed by atoms with Gasteiger partial charge in [0, 0.05) is 17.6 Å². The van der Waals surface area contributed by atoms with Crippen LogP contribution in [-0.4, -0.2) is 37.0 Å². The van der Waals surface area contributed by atoms with E-state index in [0.717, 1.165) is 0 Å². The first-order chi connectivity index (χ1) is 13.2. The third kappa shape index (κ3) is 4.84. The Kier molecular flexibility index (Phi) is 7.46. The van der Waals surface area contributed by atoms with Gasteiger partial charge in [-0.2, -0.15) is 0 Å². The fourth-order valence-electron chi connectivity index (χ4n) is 3.25. The molecule has 0 unspecified atom stereocenters. The molecule has 7 nitrogen and oxygen atoms in total. The third-order valence-electron chi connectivity index (χ3n) is 4.44. The fourth-order valence-corrected chi connectivity index (χ4v) is 3.38. The molecule has 0 saturated carbocycles. The normalized spacial score (nSPS) is 21.1. The Labute approximate surface area is 170 Å². The van der Waals surface area contributed by atoms with E-state index >= 15 is 0 Å². The molecule has 1 aromatic rings. The first-order valence-electron chi connectivity index (χ1n) is 9.25. The number of amides is 2. The zero-order valence-corrected chi connectivity index (χ0v) is 17.6. The Morgan fingerprint density at radius 3 is 2.25 bits per heavy atom. The highest BCUT2D eigenvalue weighted by Crippen LogP contribution is 2.39. The number of halogens is 1. The second-order valence-electron chi connectivity index (χ2n) is 6.47. The number of hydrogen-bond acceptors (Lipinski definition) is 5. The van der Waals surface area contributed by atoms with Gasteiger partial charge in [-0.3, -0.25) is 9.59 Å². The number of hydrogen-bond donors (Lipinski definition) is 2. The van der Waals surface area contributed by atoms with Crippen molar-refractivity contribution in [3.05, 3.63) is 40.6 Å². The van der Waals surface area contributed by atoms with Crippen LogP contribution in [0.25, 0.3) is 0 Å². The molecule has 0 fully saturated rings. The molecule has 0 spiro atoms. The minimum atomic E-state index is -1.38. The molecule has 8 heteroatoms. The molecule has 1 aliphatic rings. The van der Waals surface area contributed by atoms with Gasteiger partial charge in [-0.15, -0.1) is 0 Å². The molecule has 0 radical (unpaired) electrons. The van der Waals surface area contributed by atoms with Gasteiger partial charge in [-0.05, 0) is 45.0 Å². The largest absolute Gasteiger partial charge is 0.443 e. The van der Waals surface area contributed by atoms with Crippen LogP contribution in [-0.2, 0) is 23.8 Å². The molecule has 2 N–H and O–H groups in total. The van der Waals surface area contributed by atoms with Crippen LogP contribution in [0.2, 0.25) is 5.02 Å². The molecular formula is C20H27ClN2O5. The smallest absolute Gasteiger partial charge is 0.331 e. The summed E-state index contributed by atoms with van der Waals surface area (Å²) < 4.78 is 17.5. The maximum absolute atomic E-state index is 13.0. The van der Waals surface area contributed by atoms with Gasteiger partial charge in [0.25, 0.3) is 5.91 Å². The van der Waals surface area contributed by atoms with Crippen molar-refractivity contribution < 1.29 is 23.8 Å². The van der Waals surface area contributed by atoms with Crippen LogP contribution < -0.4 is 10.6 Å². The first-order valence-corrected chi connectivity index (χ1v) is 9.63. The molecule has 2 atom stereocenters. The lowest BCUT2D eigenvalue weighted by molar-refractivity contribution is -0.393. The summed E-state index contributed by atoms with van der Waals surface area (Å²) in [5, 5.41) is 6.22. The van der Waals surface area contributed by atoms with Crippen molar-refractivity contribution in [3.8, 4) is 0 Å². The zero-order valence-electron chi connectivity index (χ0n) is 16.8. The molecule has 0 saturated heterocycles. The van der Waals surface area contributed by atoms with E-state index < -0.39 is 17.9 Å². The molecule has 154 valence electrons. The summed E-state index contributed by atoms with van der Waals surface area (Å²) >= 11 is 5.89. The van der Waals surface area contributed by atoms with Crippen molar-refractivity contribution in [1.29, 1.82) is 0 Å². The highest BCUT2D eigenvalue weighted by Gasteiger charge is 2.52. The Bertz CT molecular complexity index is 741. The number of nitrogens with one attached hydrogen (secondary N) is 2. The van der Waals surface area contributed by atoms with E-state index in [1.54, 1.807) is 31.2 Å². The highest BCUT2D eigenvalue weighted by molar-refractivity contribution is 6.30. The molecule has 0 aromatic heterocycles. The summed E-state index contributed by atoms with van der Waals surface area (Å²) in [5.74, 6) is -2.20. The van der Waals surface area contributed by atoms with Gasteiger partial charge in [0.2, 0.25) is 5.91 Å². The van der Waals surface area contributed by atoms with E-state index in [-0.39, 0.29) is 11.8 Å². The van der Waals surface area contributed by atoms with Gasteiger partial charge in [0.1, 0.15) is 5.76 Å². The Morgan fingerprint density at radius 2 is 1.75 bits per heavy atom. The Hall–Kier alpha value is -2.09. The number of ether oxygens (including phenoxy) is 3. The van der Waals surface area contributed by atoms with Crippen molar-refractivity contribution in [2.75, 3.05) is 18.5 Å². The molecule has 2 rings (SSSR count). The topological polar surface area (TPSA) is 85.9 Å². The lowest BCUT2D eigenvalue weighted by Crippen LogP contribution is -2.59. The second-order valence-corrected chi connectivity index (χ2v) is 6.91. The lowest BCUT2D eigenvalue weighted by Gasteiger charge is -2.45. The maximum Gasteiger partial charge on any atom is 0.331 e. The summed E-state index contributed by atoms with van der Waals surface area (Å²) in [5.41, 5.74) is 0.892. The quantitative estimate of drug-likeness (QED) is 0.672. The Balaban J connectivity index is 2.41. The van der Waals surface area contributed by atoms with Crippen LogP contribution in [0.5, 0.6) is 0 Å². The van der Waals surface area contributed by atoms with Gasteiger partial charge in [0.05, 0.1) is 30.7 Å². The van der Waals surface area contributed by atoms with E-state index in [1.165, 1.54) is 6.92 Å². The summed E-state index contributed by atoms with van der Waals surface area (Å²) in [6, 6.07) is 6.09. The summed E-state index contributed by atoms with van der Waals surface area (Å²) in [6.07, 6.45) is 0. The number of allylic oxidation sites excluding steroid dienone is 1. The molecule has 1 aromatic carbocycles. The summed E-state index contributed by atoms with van der Waals surface area (Å²) in [4.78, 5) is 24.9. The van der Waals surface area contributed by atoms with E-state index in [2.05, 4.69) is 10.6 Å². The summed E-state index contributed by atoms with van der Waals surface area (Å²) in [6.45, 7) is 9.21. The number of carbonyl (C=O) groups is 2. The fraction of sp³-hybridized carbons (Fsp3) is 0.500. The van der Waals surface area contributed by atoms with Crippen LogP contribution in [0.15, 0.2) is 35.6 Å². The molecule has 2 amide bonds. The number of rotatable bonds is 7. The molecular weight excluding hydrogens is 384 g/mol. The van der Waals surface area contributed by atoms with Gasteiger partial charge in [0.15, 0.2) is 0 Å². The van der Waals surface area contributed by atoms with Crippen molar-refractivity contribution in [1.82, 2.24) is 5.32 Å². The minimum absolute atomic E-state index is 0.273. The average molecular weight is 411 g/mol. The van der Waals surface area contributed by atoms with Gasteiger partial charge in [-0.1, -0.05) is 18.5 Å². The first kappa shape index (κ1) is 22.2. The third-order valence-corrected chi connectivity index (χ3v) is 4.69. The van der Waals surface area contributed by atoms with Gasteiger partial charge >= 0.3 is 5.97 Å². The minimum Gasteiger partial charge on any atom is -0.443 e. The number of carbonyl (C=O) groups excluding carboxylic acids is 2. The molecule has 1 aliphatic heterocycles. The standard InChI is InChI=1S/C20H27ClN2O5/c1-6-26-20(27-7-2)12(3)18(22-14(5)24)17(13(4)28-20)19(25)23-16-10-8-15(21)9-11-16/h8-12,18H,6-7H2,1-5H3,(H,22,24)(H,23,25)/t12-,18-/m1/s1. The molecule has 0 aliphatic carbocycles. The van der Waals surface area contributed by atoms with E-state index in [4.69, 9.17) is 25.8 Å². The van der Waals surface area contributed by atoms with Crippen LogP contribution in [0, 0.1) is 5.92 Å². The average Bonchev–Trinajstić information content (AvgIpc) is 2.61. The van der Waals surface area contributed by atoms with E-state index in [9.17, 15) is 9.59 Å². The predicted molar refractivity (Wildman–Crippen MR) is 107 cm³/mol.